The molecule has 1 aromatic rings. The number of aromatic nitrogens is 1. The van der Waals surface area contributed by atoms with E-state index < -0.39 is 0 Å². The van der Waals surface area contributed by atoms with Crippen molar-refractivity contribution in [3.63, 3.8) is 0 Å². The molecule has 0 radical (unpaired) electrons. The molecule has 0 aromatic carbocycles. The average molecular weight is 220 g/mol. The molecule has 4 heteroatoms. The Morgan fingerprint density at radius 1 is 1.31 bits per heavy atom. The first-order chi connectivity index (χ1) is 7.78. The van der Waals surface area contributed by atoms with Crippen LogP contribution >= 0.6 is 0 Å². The molecule has 16 heavy (non-hydrogen) atoms. The fraction of sp³-hybridized carbons (Fsp3) is 0.583. The molecular formula is C12H16N2O2. The Balaban J connectivity index is 2.02. The molecule has 0 amide bonds. The fourth-order valence-corrected chi connectivity index (χ4v) is 3.11. The third-order valence-corrected chi connectivity index (χ3v) is 3.76. The van der Waals surface area contributed by atoms with E-state index in [1.165, 1.54) is 0 Å². The molecule has 1 N–H and O–H groups in total. The van der Waals surface area contributed by atoms with Gasteiger partial charge in [-0.2, -0.15) is 0 Å². The summed E-state index contributed by atoms with van der Waals surface area (Å²) in [6.45, 7) is 2.72. The van der Waals surface area contributed by atoms with Crippen molar-refractivity contribution in [3.05, 3.63) is 34.2 Å². The SMILES string of the molecule is O=c1cccc2n1C[C@H]1C[C@@H]2CN(CO)C1. The van der Waals surface area contributed by atoms with Crippen molar-refractivity contribution in [1.82, 2.24) is 9.47 Å². The van der Waals surface area contributed by atoms with Crippen LogP contribution in [0.15, 0.2) is 23.0 Å². The molecule has 3 rings (SSSR count). The highest BCUT2D eigenvalue weighted by Crippen LogP contribution is 2.34. The predicted octanol–water partition coefficient (Wildman–Crippen LogP) is 0.217. The lowest BCUT2D eigenvalue weighted by Gasteiger charge is -2.41. The second-order valence-corrected chi connectivity index (χ2v) is 4.88. The molecule has 86 valence electrons. The van der Waals surface area contributed by atoms with E-state index >= 15 is 0 Å². The molecule has 2 atom stereocenters. The summed E-state index contributed by atoms with van der Waals surface area (Å²) in [6.07, 6.45) is 1.15. The second kappa shape index (κ2) is 3.71. The number of aliphatic hydroxyl groups is 1. The third kappa shape index (κ3) is 1.49. The quantitative estimate of drug-likeness (QED) is 0.736. The lowest BCUT2D eigenvalue weighted by atomic mass is 9.83. The van der Waals surface area contributed by atoms with Crippen LogP contribution in [0.1, 0.15) is 18.0 Å². The molecule has 2 bridgehead atoms. The minimum absolute atomic E-state index is 0.115. The highest BCUT2D eigenvalue weighted by molar-refractivity contribution is 5.16. The molecule has 3 heterocycles. The van der Waals surface area contributed by atoms with Crippen molar-refractivity contribution in [1.29, 1.82) is 0 Å². The van der Waals surface area contributed by atoms with E-state index in [4.69, 9.17) is 0 Å². The first kappa shape index (κ1) is 10.1. The number of likely N-dealkylation sites (tertiary alicyclic amines) is 1. The Morgan fingerprint density at radius 2 is 2.19 bits per heavy atom. The van der Waals surface area contributed by atoms with E-state index in [-0.39, 0.29) is 12.3 Å². The molecular weight excluding hydrogens is 204 g/mol. The van der Waals surface area contributed by atoms with Crippen LogP contribution in [0, 0.1) is 5.92 Å². The molecule has 0 saturated carbocycles. The van der Waals surface area contributed by atoms with Gasteiger partial charge in [0.15, 0.2) is 0 Å². The number of piperidine rings is 1. The van der Waals surface area contributed by atoms with Crippen LogP contribution in [-0.4, -0.2) is 34.4 Å². The van der Waals surface area contributed by atoms with Gasteiger partial charge in [-0.15, -0.1) is 0 Å². The Bertz CT molecular complexity index is 455. The van der Waals surface area contributed by atoms with Gasteiger partial charge in [-0.25, -0.2) is 0 Å². The molecule has 1 fully saturated rings. The largest absolute Gasteiger partial charge is 0.381 e. The van der Waals surface area contributed by atoms with E-state index in [2.05, 4.69) is 4.90 Å². The van der Waals surface area contributed by atoms with Gasteiger partial charge in [0.05, 0.1) is 6.73 Å². The monoisotopic (exact) mass is 220 g/mol. The van der Waals surface area contributed by atoms with Gasteiger partial charge in [0.1, 0.15) is 0 Å². The van der Waals surface area contributed by atoms with Gasteiger partial charge in [-0.3, -0.25) is 9.69 Å². The summed E-state index contributed by atoms with van der Waals surface area (Å²) >= 11 is 0. The maximum atomic E-state index is 11.7. The highest BCUT2D eigenvalue weighted by atomic mass is 16.3. The minimum atomic E-state index is 0.115. The summed E-state index contributed by atoms with van der Waals surface area (Å²) in [7, 11) is 0. The number of rotatable bonds is 1. The highest BCUT2D eigenvalue weighted by Gasteiger charge is 2.33. The summed E-state index contributed by atoms with van der Waals surface area (Å²) < 4.78 is 1.91. The van der Waals surface area contributed by atoms with Gasteiger partial charge in [0.2, 0.25) is 0 Å². The van der Waals surface area contributed by atoms with Crippen LogP contribution < -0.4 is 5.56 Å². The lowest BCUT2D eigenvalue weighted by molar-refractivity contribution is 0.0415. The van der Waals surface area contributed by atoms with Crippen molar-refractivity contribution in [2.45, 2.75) is 18.9 Å². The van der Waals surface area contributed by atoms with Gasteiger partial charge in [-0.1, -0.05) is 6.07 Å². The normalized spacial score (nSPS) is 28.8. The molecule has 1 aromatic heterocycles. The zero-order valence-corrected chi connectivity index (χ0v) is 9.17. The van der Waals surface area contributed by atoms with Crippen LogP contribution in [0.4, 0.5) is 0 Å². The molecule has 0 aliphatic carbocycles. The summed E-state index contributed by atoms with van der Waals surface area (Å²) in [6, 6.07) is 5.52. The number of pyridine rings is 1. The zero-order valence-electron chi connectivity index (χ0n) is 9.17. The molecule has 1 saturated heterocycles. The van der Waals surface area contributed by atoms with Gasteiger partial charge in [-0.05, 0) is 18.4 Å². The Kier molecular flexibility index (Phi) is 2.33. The van der Waals surface area contributed by atoms with Gasteiger partial charge >= 0.3 is 0 Å². The van der Waals surface area contributed by atoms with Crippen LogP contribution in [0.3, 0.4) is 0 Å². The Morgan fingerprint density at radius 3 is 3.00 bits per heavy atom. The number of nitrogens with zero attached hydrogens (tertiary/aromatic N) is 2. The van der Waals surface area contributed by atoms with Crippen molar-refractivity contribution < 1.29 is 5.11 Å². The Labute approximate surface area is 94.1 Å². The topological polar surface area (TPSA) is 45.5 Å². The zero-order chi connectivity index (χ0) is 11.1. The fourth-order valence-electron chi connectivity index (χ4n) is 3.11. The van der Waals surface area contributed by atoms with Crippen LogP contribution in [0.2, 0.25) is 0 Å². The summed E-state index contributed by atoms with van der Waals surface area (Å²) in [4.78, 5) is 13.8. The van der Waals surface area contributed by atoms with Crippen molar-refractivity contribution in [3.8, 4) is 0 Å². The molecule has 4 nitrogen and oxygen atoms in total. The first-order valence-electron chi connectivity index (χ1n) is 5.81. The lowest BCUT2D eigenvalue weighted by Crippen LogP contribution is -2.47. The van der Waals surface area contributed by atoms with Crippen LogP contribution in [0.5, 0.6) is 0 Å². The molecule has 2 aliphatic rings. The number of hydrogen-bond acceptors (Lipinski definition) is 3. The van der Waals surface area contributed by atoms with E-state index in [1.54, 1.807) is 6.07 Å². The van der Waals surface area contributed by atoms with Crippen molar-refractivity contribution in [2.75, 3.05) is 19.8 Å². The number of fused-ring (bicyclic) bond motifs is 4. The Hall–Kier alpha value is -1.13. The van der Waals surface area contributed by atoms with Gasteiger partial charge in [0.25, 0.3) is 5.56 Å². The van der Waals surface area contributed by atoms with Crippen molar-refractivity contribution >= 4 is 0 Å². The second-order valence-electron chi connectivity index (χ2n) is 4.88. The standard InChI is InChI=1S/C12H16N2O2/c15-8-13-5-9-4-10(7-13)11-2-1-3-12(16)14(11)6-9/h1-3,9-10,15H,4-8H2/t9-,10+/m0/s1. The maximum absolute atomic E-state index is 11.7. The minimum Gasteiger partial charge on any atom is -0.381 e. The van der Waals surface area contributed by atoms with E-state index in [0.717, 1.165) is 31.7 Å². The van der Waals surface area contributed by atoms with E-state index in [9.17, 15) is 9.90 Å². The van der Waals surface area contributed by atoms with Gasteiger partial charge < -0.3 is 9.67 Å². The van der Waals surface area contributed by atoms with Crippen LogP contribution in [-0.2, 0) is 6.54 Å². The van der Waals surface area contributed by atoms with E-state index in [0.29, 0.717) is 11.8 Å². The molecule has 2 aliphatic heterocycles. The number of aliphatic hydroxyl groups excluding tert-OH is 1. The third-order valence-electron chi connectivity index (χ3n) is 3.76. The summed E-state index contributed by atoms with van der Waals surface area (Å²) in [5.41, 5.74) is 1.26. The summed E-state index contributed by atoms with van der Waals surface area (Å²) in [5.74, 6) is 0.923. The smallest absolute Gasteiger partial charge is 0.250 e. The van der Waals surface area contributed by atoms with Gasteiger partial charge in [0, 0.05) is 37.3 Å². The molecule has 0 unspecified atom stereocenters. The maximum Gasteiger partial charge on any atom is 0.250 e. The number of hydrogen-bond donors (Lipinski definition) is 1. The van der Waals surface area contributed by atoms with Crippen LogP contribution in [0.25, 0.3) is 0 Å². The molecule has 0 spiro atoms. The van der Waals surface area contributed by atoms with Crippen molar-refractivity contribution in [2.24, 2.45) is 5.92 Å². The average Bonchev–Trinajstić information content (AvgIpc) is 2.30. The summed E-state index contributed by atoms with van der Waals surface area (Å²) in [5, 5.41) is 9.21. The first-order valence-corrected chi connectivity index (χ1v) is 5.81. The van der Waals surface area contributed by atoms with E-state index in [1.807, 2.05) is 16.7 Å². The predicted molar refractivity (Wildman–Crippen MR) is 60.2 cm³/mol.